The van der Waals surface area contributed by atoms with Crippen molar-refractivity contribution in [2.24, 2.45) is 0 Å². The number of carbonyl (C=O) groups excluding carboxylic acids is 1. The van der Waals surface area contributed by atoms with E-state index in [4.69, 9.17) is 18.9 Å². The Hall–Kier alpha value is -1.47. The Balaban J connectivity index is 1.81. The predicted octanol–water partition coefficient (Wildman–Crippen LogP) is 1.88. The second kappa shape index (κ2) is 7.19. The number of carbonyl (C=O) groups is 1. The highest BCUT2D eigenvalue weighted by atomic mass is 16.7. The number of hydrogen-bond donors (Lipinski definition) is 0. The topological polar surface area (TPSA) is 63.2 Å². The first kappa shape index (κ1) is 15.4. The fourth-order valence-corrected chi connectivity index (χ4v) is 2.62. The van der Waals surface area contributed by atoms with E-state index in [9.17, 15) is 4.79 Å². The number of methoxy groups -OCH3 is 1. The first-order chi connectivity index (χ1) is 10.8. The molecule has 3 rings (SSSR count). The summed E-state index contributed by atoms with van der Waals surface area (Å²) in [6.07, 6.45) is 0.176. The number of hydrogen-bond acceptors (Lipinski definition) is 6. The van der Waals surface area contributed by atoms with E-state index in [0.29, 0.717) is 39.3 Å². The van der Waals surface area contributed by atoms with Crippen LogP contribution in [0.5, 0.6) is 0 Å². The highest BCUT2D eigenvalue weighted by molar-refractivity contribution is 5.69. The summed E-state index contributed by atoms with van der Waals surface area (Å²) in [5.74, 6) is -0.221. The molecule has 1 aromatic carbocycles. The zero-order chi connectivity index (χ0) is 15.4. The Morgan fingerprint density at radius 1 is 1.05 bits per heavy atom. The SMILES string of the molecule is COC(=O)CCc1ccc(C2OCCO2)c(C2OCCO2)c1. The zero-order valence-electron chi connectivity index (χ0n) is 12.6. The quantitative estimate of drug-likeness (QED) is 0.774. The molecule has 0 radical (unpaired) electrons. The summed E-state index contributed by atoms with van der Waals surface area (Å²) < 4.78 is 27.1. The fraction of sp³-hybridized carbons (Fsp3) is 0.562. The van der Waals surface area contributed by atoms with Crippen LogP contribution < -0.4 is 0 Å². The Labute approximate surface area is 129 Å². The van der Waals surface area contributed by atoms with Crippen molar-refractivity contribution in [2.45, 2.75) is 25.4 Å². The van der Waals surface area contributed by atoms with Gasteiger partial charge >= 0.3 is 5.97 Å². The van der Waals surface area contributed by atoms with E-state index < -0.39 is 6.29 Å². The molecule has 6 nitrogen and oxygen atoms in total. The normalized spacial score (nSPS) is 19.7. The lowest BCUT2D eigenvalue weighted by Crippen LogP contribution is -2.09. The number of rotatable bonds is 5. The second-order valence-corrected chi connectivity index (χ2v) is 5.19. The van der Waals surface area contributed by atoms with Crippen molar-refractivity contribution < 1.29 is 28.5 Å². The summed E-state index contributed by atoms with van der Waals surface area (Å²) in [5.41, 5.74) is 2.86. The van der Waals surface area contributed by atoms with Crippen LogP contribution in [0.1, 0.15) is 35.7 Å². The number of benzene rings is 1. The van der Waals surface area contributed by atoms with Crippen LogP contribution in [0.2, 0.25) is 0 Å². The van der Waals surface area contributed by atoms with Crippen LogP contribution in [-0.4, -0.2) is 39.5 Å². The monoisotopic (exact) mass is 308 g/mol. The maximum atomic E-state index is 11.3. The van der Waals surface area contributed by atoms with Crippen molar-refractivity contribution in [1.29, 1.82) is 0 Å². The summed E-state index contributed by atoms with van der Waals surface area (Å²) >= 11 is 0. The third-order valence-corrected chi connectivity index (χ3v) is 3.75. The predicted molar refractivity (Wildman–Crippen MR) is 76.1 cm³/mol. The van der Waals surface area contributed by atoms with Crippen LogP contribution >= 0.6 is 0 Å². The lowest BCUT2D eigenvalue weighted by atomic mass is 10.00. The molecule has 0 amide bonds. The Kier molecular flexibility index (Phi) is 5.04. The minimum absolute atomic E-state index is 0.221. The van der Waals surface area contributed by atoms with E-state index in [1.807, 2.05) is 18.2 Å². The van der Waals surface area contributed by atoms with Crippen molar-refractivity contribution in [1.82, 2.24) is 0 Å². The van der Waals surface area contributed by atoms with E-state index in [2.05, 4.69) is 4.74 Å². The van der Waals surface area contributed by atoms with Gasteiger partial charge in [0.05, 0.1) is 33.5 Å². The average Bonchev–Trinajstić information content (AvgIpc) is 3.25. The maximum Gasteiger partial charge on any atom is 0.305 e. The Morgan fingerprint density at radius 2 is 1.64 bits per heavy atom. The second-order valence-electron chi connectivity index (χ2n) is 5.19. The molecular formula is C16H20O6. The van der Waals surface area contributed by atoms with Gasteiger partial charge in [0.1, 0.15) is 0 Å². The number of esters is 1. The minimum atomic E-state index is -0.402. The van der Waals surface area contributed by atoms with Gasteiger partial charge in [-0.2, -0.15) is 0 Å². The molecule has 2 heterocycles. The van der Waals surface area contributed by atoms with Gasteiger partial charge in [0.15, 0.2) is 12.6 Å². The van der Waals surface area contributed by atoms with Gasteiger partial charge in [-0.15, -0.1) is 0 Å². The molecule has 6 heteroatoms. The van der Waals surface area contributed by atoms with Gasteiger partial charge < -0.3 is 23.7 Å². The fourth-order valence-electron chi connectivity index (χ4n) is 2.62. The molecule has 0 aliphatic carbocycles. The first-order valence-electron chi connectivity index (χ1n) is 7.44. The van der Waals surface area contributed by atoms with Crippen LogP contribution in [0, 0.1) is 0 Å². The molecule has 0 saturated carbocycles. The van der Waals surface area contributed by atoms with E-state index in [1.165, 1.54) is 7.11 Å². The molecule has 0 atom stereocenters. The van der Waals surface area contributed by atoms with E-state index in [0.717, 1.165) is 16.7 Å². The third-order valence-electron chi connectivity index (χ3n) is 3.75. The number of aryl methyl sites for hydroxylation is 1. The van der Waals surface area contributed by atoms with E-state index in [-0.39, 0.29) is 12.3 Å². The lowest BCUT2D eigenvalue weighted by Gasteiger charge is -2.19. The smallest absolute Gasteiger partial charge is 0.305 e. The van der Waals surface area contributed by atoms with Crippen molar-refractivity contribution in [3.8, 4) is 0 Å². The van der Waals surface area contributed by atoms with Crippen molar-refractivity contribution in [2.75, 3.05) is 33.5 Å². The molecule has 1 aromatic rings. The molecule has 22 heavy (non-hydrogen) atoms. The van der Waals surface area contributed by atoms with Gasteiger partial charge in [-0.1, -0.05) is 18.2 Å². The van der Waals surface area contributed by atoms with Gasteiger partial charge in [0, 0.05) is 17.5 Å². The van der Waals surface area contributed by atoms with Crippen LogP contribution in [0.25, 0.3) is 0 Å². The highest BCUT2D eigenvalue weighted by Gasteiger charge is 2.28. The lowest BCUT2D eigenvalue weighted by molar-refractivity contribution is -0.140. The van der Waals surface area contributed by atoms with Crippen molar-refractivity contribution in [3.63, 3.8) is 0 Å². The summed E-state index contributed by atoms with van der Waals surface area (Å²) in [4.78, 5) is 11.3. The van der Waals surface area contributed by atoms with Gasteiger partial charge in [-0.05, 0) is 12.0 Å². The van der Waals surface area contributed by atoms with Crippen molar-refractivity contribution >= 4 is 5.97 Å². The maximum absolute atomic E-state index is 11.3. The van der Waals surface area contributed by atoms with E-state index >= 15 is 0 Å². The molecule has 0 bridgehead atoms. The highest BCUT2D eigenvalue weighted by Crippen LogP contribution is 2.34. The molecule has 0 aromatic heterocycles. The molecule has 0 N–H and O–H groups in total. The summed E-state index contributed by atoms with van der Waals surface area (Å²) in [6.45, 7) is 2.31. The Morgan fingerprint density at radius 3 is 2.23 bits per heavy atom. The van der Waals surface area contributed by atoms with Gasteiger partial charge in [-0.3, -0.25) is 4.79 Å². The van der Waals surface area contributed by atoms with Gasteiger partial charge in [0.25, 0.3) is 0 Å². The summed E-state index contributed by atoms with van der Waals surface area (Å²) in [5, 5.41) is 0. The van der Waals surface area contributed by atoms with Gasteiger partial charge in [-0.25, -0.2) is 0 Å². The summed E-state index contributed by atoms with van der Waals surface area (Å²) in [7, 11) is 1.39. The molecule has 2 aliphatic heterocycles. The Bertz CT molecular complexity index is 517. The first-order valence-corrected chi connectivity index (χ1v) is 7.44. The third kappa shape index (κ3) is 3.47. The minimum Gasteiger partial charge on any atom is -0.469 e. The van der Waals surface area contributed by atoms with E-state index in [1.54, 1.807) is 0 Å². The number of ether oxygens (including phenoxy) is 5. The average molecular weight is 308 g/mol. The molecule has 0 spiro atoms. The van der Waals surface area contributed by atoms with Gasteiger partial charge in [0.2, 0.25) is 0 Å². The van der Waals surface area contributed by atoms with Crippen LogP contribution in [0.4, 0.5) is 0 Å². The molecule has 2 fully saturated rings. The summed E-state index contributed by atoms with van der Waals surface area (Å²) in [6, 6.07) is 5.93. The molecule has 2 aliphatic rings. The largest absolute Gasteiger partial charge is 0.469 e. The molecule has 120 valence electrons. The van der Waals surface area contributed by atoms with Crippen LogP contribution in [0.15, 0.2) is 18.2 Å². The molecule has 2 saturated heterocycles. The standard InChI is InChI=1S/C16H20O6/c1-18-14(17)5-3-11-2-4-12(15-19-6-7-20-15)13(10-11)16-21-8-9-22-16/h2,4,10,15-16H,3,5-9H2,1H3. The molecular weight excluding hydrogens is 288 g/mol. The van der Waals surface area contributed by atoms with Crippen molar-refractivity contribution in [3.05, 3.63) is 34.9 Å². The van der Waals surface area contributed by atoms with Crippen LogP contribution in [0.3, 0.4) is 0 Å². The molecule has 0 unspecified atom stereocenters. The van der Waals surface area contributed by atoms with Crippen LogP contribution in [-0.2, 0) is 34.9 Å². The zero-order valence-corrected chi connectivity index (χ0v) is 12.6.